The third-order valence-electron chi connectivity index (χ3n) is 6.75. The van der Waals surface area contributed by atoms with Gasteiger partial charge in [-0.1, -0.05) is 68.9 Å². The fraction of sp³-hybridized carbons (Fsp3) is 0.567. The lowest BCUT2D eigenvalue weighted by Crippen LogP contribution is -2.52. The molecule has 10 nitrogen and oxygen atoms in total. The summed E-state index contributed by atoms with van der Waals surface area (Å²) in [6.07, 6.45) is 5.08. The van der Waals surface area contributed by atoms with Gasteiger partial charge in [-0.25, -0.2) is 9.69 Å². The molecular weight excluding hydrogens is 518 g/mol. The van der Waals surface area contributed by atoms with E-state index in [0.717, 1.165) is 76.0 Å². The molecule has 10 heteroatoms. The summed E-state index contributed by atoms with van der Waals surface area (Å²) >= 11 is 0. The van der Waals surface area contributed by atoms with Crippen molar-refractivity contribution in [1.82, 2.24) is 4.90 Å². The molecule has 1 saturated heterocycles. The number of carbonyl (C=O) groups excluding carboxylic acids is 5. The van der Waals surface area contributed by atoms with Crippen LogP contribution in [-0.2, 0) is 33.4 Å². The van der Waals surface area contributed by atoms with E-state index in [1.807, 2.05) is 6.07 Å². The van der Waals surface area contributed by atoms with Crippen molar-refractivity contribution in [2.45, 2.75) is 96.0 Å². The molecule has 0 aromatic heterocycles. The number of benzene rings is 1. The number of unbranched alkanes of at least 4 members (excludes halogenated alkanes) is 7. The van der Waals surface area contributed by atoms with Crippen LogP contribution in [0.15, 0.2) is 42.5 Å². The molecule has 1 N–H and O–H groups in total. The number of ether oxygens (including phenoxy) is 3. The molecule has 220 valence electrons. The quantitative estimate of drug-likeness (QED) is 0.159. The smallest absolute Gasteiger partial charge is 0.417 e. The Bertz CT molecular complexity index is 1020. The molecule has 0 bridgehead atoms. The molecule has 0 aliphatic carbocycles. The number of hydrogen-bond acceptors (Lipinski definition) is 9. The Morgan fingerprint density at radius 1 is 0.950 bits per heavy atom. The average Bonchev–Trinajstić information content (AvgIpc) is 3.24. The van der Waals surface area contributed by atoms with Gasteiger partial charge >= 0.3 is 12.1 Å². The zero-order valence-electron chi connectivity index (χ0n) is 23.6. The van der Waals surface area contributed by atoms with E-state index in [9.17, 15) is 24.0 Å². The van der Waals surface area contributed by atoms with Crippen molar-refractivity contribution >= 4 is 29.5 Å². The third-order valence-corrected chi connectivity index (χ3v) is 6.75. The number of cyclic esters (lactones) is 1. The highest BCUT2D eigenvalue weighted by atomic mass is 16.6. The Labute approximate surface area is 235 Å². The van der Waals surface area contributed by atoms with Crippen LogP contribution in [0.25, 0.3) is 0 Å². The minimum absolute atomic E-state index is 0.226. The van der Waals surface area contributed by atoms with Crippen LogP contribution in [0.2, 0.25) is 0 Å². The molecule has 0 saturated carbocycles. The second-order valence-corrected chi connectivity index (χ2v) is 9.85. The Hall–Kier alpha value is -3.37. The van der Waals surface area contributed by atoms with Crippen LogP contribution in [0.3, 0.4) is 0 Å². The number of nitrogens with zero attached hydrogens (tertiary/aromatic N) is 1. The van der Waals surface area contributed by atoms with E-state index in [4.69, 9.17) is 19.3 Å². The van der Waals surface area contributed by atoms with Gasteiger partial charge in [0.15, 0.2) is 23.8 Å². The van der Waals surface area contributed by atoms with Crippen molar-refractivity contribution in [2.75, 3.05) is 13.7 Å². The normalized spacial score (nSPS) is 18.4. The summed E-state index contributed by atoms with van der Waals surface area (Å²) in [6.45, 7) is 2.94. The molecule has 1 aromatic carbocycles. The number of carbonyl (C=O) groups is 5. The number of hydrogen-bond donors (Lipinski definition) is 1. The number of allylic oxidation sites excluding steroid dienone is 1. The molecule has 1 aromatic rings. The molecule has 40 heavy (non-hydrogen) atoms. The number of aliphatic hydroxyl groups is 1. The first-order chi connectivity index (χ1) is 19.2. The number of amides is 2. The third kappa shape index (κ3) is 9.98. The van der Waals surface area contributed by atoms with Crippen LogP contribution in [0.5, 0.6) is 0 Å². The molecule has 0 radical (unpaired) electrons. The summed E-state index contributed by atoms with van der Waals surface area (Å²) in [6, 6.07) is 8.19. The van der Waals surface area contributed by atoms with Gasteiger partial charge in [-0.15, -0.1) is 0 Å². The van der Waals surface area contributed by atoms with Gasteiger partial charge in [0.25, 0.3) is 5.91 Å². The van der Waals surface area contributed by atoms with Gasteiger partial charge < -0.3 is 19.3 Å². The van der Waals surface area contributed by atoms with Crippen LogP contribution >= 0.6 is 0 Å². The van der Waals surface area contributed by atoms with Gasteiger partial charge in [0, 0.05) is 27.1 Å². The first-order valence-corrected chi connectivity index (χ1v) is 13.9. The number of methoxy groups -OCH3 is 1. The highest BCUT2D eigenvalue weighted by Gasteiger charge is 2.48. The fourth-order valence-electron chi connectivity index (χ4n) is 4.61. The Morgan fingerprint density at radius 3 is 2.12 bits per heavy atom. The van der Waals surface area contributed by atoms with Crippen LogP contribution in [0, 0.1) is 0 Å². The first-order valence-electron chi connectivity index (χ1n) is 13.9. The topological polar surface area (TPSA) is 137 Å². The summed E-state index contributed by atoms with van der Waals surface area (Å²) in [5.74, 6) is -2.80. The molecular formula is C30H41NO9. The Kier molecular flexibility index (Phi) is 14.2. The minimum atomic E-state index is -1.69. The Morgan fingerprint density at radius 2 is 1.55 bits per heavy atom. The average molecular weight is 560 g/mol. The predicted octanol–water partition coefficient (Wildman–Crippen LogP) is 4.24. The molecule has 4 atom stereocenters. The fourth-order valence-corrected chi connectivity index (χ4v) is 4.61. The van der Waals surface area contributed by atoms with Crippen LogP contribution in [0.4, 0.5) is 4.79 Å². The highest BCUT2D eigenvalue weighted by molar-refractivity contribution is 6.05. The van der Waals surface area contributed by atoms with Crippen LogP contribution < -0.4 is 0 Å². The summed E-state index contributed by atoms with van der Waals surface area (Å²) in [5.41, 5.74) is 0.694. The predicted molar refractivity (Wildman–Crippen MR) is 146 cm³/mol. The summed E-state index contributed by atoms with van der Waals surface area (Å²) in [7, 11) is 1.16. The van der Waals surface area contributed by atoms with Gasteiger partial charge in [-0.2, -0.15) is 0 Å². The number of aliphatic hydroxyl groups excluding tert-OH is 1. The van der Waals surface area contributed by atoms with E-state index in [1.54, 1.807) is 31.2 Å². The molecule has 1 aliphatic rings. The highest BCUT2D eigenvalue weighted by Crippen LogP contribution is 2.33. The second-order valence-electron chi connectivity index (χ2n) is 9.85. The molecule has 1 aliphatic heterocycles. The lowest BCUT2D eigenvalue weighted by molar-refractivity contribution is -0.166. The Balaban J connectivity index is 1.98. The summed E-state index contributed by atoms with van der Waals surface area (Å²) in [4.78, 5) is 64.0. The number of rotatable bonds is 18. The molecule has 2 amide bonds. The van der Waals surface area contributed by atoms with Crippen molar-refractivity contribution in [3.05, 3.63) is 48.0 Å². The van der Waals surface area contributed by atoms with Crippen molar-refractivity contribution in [3.8, 4) is 0 Å². The molecule has 0 unspecified atom stereocenters. The summed E-state index contributed by atoms with van der Waals surface area (Å²) in [5, 5.41) is 8.79. The van der Waals surface area contributed by atoms with Gasteiger partial charge in [0.2, 0.25) is 0 Å². The van der Waals surface area contributed by atoms with Gasteiger partial charge in [0.1, 0.15) is 6.10 Å². The van der Waals surface area contributed by atoms with E-state index in [2.05, 4.69) is 0 Å². The van der Waals surface area contributed by atoms with E-state index in [1.165, 1.54) is 0 Å². The maximum absolute atomic E-state index is 13.4. The zero-order valence-corrected chi connectivity index (χ0v) is 23.6. The van der Waals surface area contributed by atoms with Crippen molar-refractivity contribution in [3.63, 3.8) is 0 Å². The number of esters is 1. The van der Waals surface area contributed by atoms with Gasteiger partial charge in [-0.3, -0.25) is 19.2 Å². The molecule has 1 heterocycles. The number of ketones is 2. The maximum Gasteiger partial charge on any atom is 0.417 e. The standard InChI is InChI=1S/C30H41NO9/c1-21-26(23-15-11-10-12-16-23)40-30(37)31(21)29(36)28(38-3)27(39-22(2)33)25(35)19-18-24(34)17-13-8-6-4-5-7-9-14-20-32/h10-12,15-16,18-19,21,26-28,32H,4-9,13-14,17,20H2,1-3H3/t21-,26-,27+,28-/m0/s1. The minimum Gasteiger partial charge on any atom is -0.451 e. The number of imide groups is 1. The SMILES string of the molecule is CO[C@H](C(=O)N1C(=O)O[C@H](c2ccccc2)[C@@H]1C)[C@H](OC(C)=O)C(=O)C=CC(=O)CCCCCCCCCCO. The van der Waals surface area contributed by atoms with Crippen molar-refractivity contribution in [2.24, 2.45) is 0 Å². The lowest BCUT2D eigenvalue weighted by atomic mass is 10.0. The lowest BCUT2D eigenvalue weighted by Gasteiger charge is -2.27. The zero-order chi connectivity index (χ0) is 29.5. The molecule has 0 spiro atoms. The van der Waals surface area contributed by atoms with Crippen molar-refractivity contribution < 1.29 is 43.3 Å². The van der Waals surface area contributed by atoms with Crippen LogP contribution in [0.1, 0.15) is 83.3 Å². The molecule has 2 rings (SSSR count). The van der Waals surface area contributed by atoms with E-state index in [0.29, 0.717) is 12.0 Å². The molecule has 1 fully saturated rings. The van der Waals surface area contributed by atoms with E-state index >= 15 is 0 Å². The summed E-state index contributed by atoms with van der Waals surface area (Å²) < 4.78 is 15.8. The van der Waals surface area contributed by atoms with Crippen molar-refractivity contribution in [1.29, 1.82) is 0 Å². The van der Waals surface area contributed by atoms with E-state index in [-0.39, 0.29) is 18.8 Å². The largest absolute Gasteiger partial charge is 0.451 e. The first kappa shape index (κ1) is 32.8. The monoisotopic (exact) mass is 559 g/mol. The van der Waals surface area contributed by atoms with Gasteiger partial charge in [-0.05, 0) is 37.5 Å². The van der Waals surface area contributed by atoms with E-state index < -0.39 is 48.1 Å². The maximum atomic E-state index is 13.4. The second kappa shape index (κ2) is 17.3. The van der Waals surface area contributed by atoms with Gasteiger partial charge in [0.05, 0.1) is 6.04 Å². The van der Waals surface area contributed by atoms with Crippen LogP contribution in [-0.4, -0.2) is 71.5 Å².